The van der Waals surface area contributed by atoms with Gasteiger partial charge in [-0.25, -0.2) is 9.59 Å². The van der Waals surface area contributed by atoms with Crippen molar-refractivity contribution in [3.05, 3.63) is 12.2 Å². The Kier molecular flexibility index (Phi) is 7.10. The van der Waals surface area contributed by atoms with Gasteiger partial charge in [0.25, 0.3) is 0 Å². The van der Waals surface area contributed by atoms with E-state index in [2.05, 4.69) is 4.74 Å². The lowest BCUT2D eigenvalue weighted by Gasteiger charge is -1.98. The molecule has 0 aromatic rings. The highest BCUT2D eigenvalue weighted by Gasteiger charge is 1.98. The van der Waals surface area contributed by atoms with Crippen LogP contribution in [0.2, 0.25) is 0 Å². The van der Waals surface area contributed by atoms with Gasteiger partial charge in [-0.2, -0.15) is 11.8 Å². The third-order valence-corrected chi connectivity index (χ3v) is 1.66. The van der Waals surface area contributed by atoms with Crippen LogP contribution in [0.4, 0.5) is 0 Å². The van der Waals surface area contributed by atoms with Crippen LogP contribution in [0.3, 0.4) is 0 Å². The fourth-order valence-corrected chi connectivity index (χ4v) is 0.728. The molecule has 13 heavy (non-hydrogen) atoms. The molecule has 5 heteroatoms. The minimum atomic E-state index is -0.568. The molecule has 0 aliphatic carbocycles. The van der Waals surface area contributed by atoms with Crippen molar-refractivity contribution in [2.45, 2.75) is 0 Å². The van der Waals surface area contributed by atoms with E-state index >= 15 is 0 Å². The smallest absolute Gasteiger partial charge is 0.331 e. The van der Waals surface area contributed by atoms with Crippen molar-refractivity contribution in [2.24, 2.45) is 0 Å². The lowest BCUT2D eigenvalue weighted by molar-refractivity contribution is -0.138. The van der Waals surface area contributed by atoms with Crippen LogP contribution in [0.25, 0.3) is 0 Å². The quantitative estimate of drug-likeness (QED) is 0.373. The van der Waals surface area contributed by atoms with E-state index in [-0.39, 0.29) is 0 Å². The summed E-state index contributed by atoms with van der Waals surface area (Å²) in [5.74, 6) is -0.348. The van der Waals surface area contributed by atoms with E-state index in [0.717, 1.165) is 17.9 Å². The van der Waals surface area contributed by atoms with Crippen LogP contribution in [0, 0.1) is 0 Å². The second-order valence-corrected chi connectivity index (χ2v) is 3.00. The Bertz CT molecular complexity index is 200. The lowest BCUT2D eigenvalue weighted by Crippen LogP contribution is -2.05. The van der Waals surface area contributed by atoms with Crippen LogP contribution in [0.1, 0.15) is 0 Å². The highest BCUT2D eigenvalue weighted by Crippen LogP contribution is 1.91. The van der Waals surface area contributed by atoms with Gasteiger partial charge in [0.15, 0.2) is 0 Å². The molecule has 0 aliphatic heterocycles. The lowest BCUT2D eigenvalue weighted by atomic mass is 10.5. The molecule has 0 aliphatic rings. The van der Waals surface area contributed by atoms with Gasteiger partial charge < -0.3 is 9.47 Å². The van der Waals surface area contributed by atoms with Crippen molar-refractivity contribution in [3.8, 4) is 0 Å². The number of esters is 2. The highest BCUT2D eigenvalue weighted by atomic mass is 32.2. The zero-order valence-electron chi connectivity index (χ0n) is 7.61. The topological polar surface area (TPSA) is 52.6 Å². The molecule has 0 fully saturated rings. The molecule has 0 radical (unpaired) electrons. The first-order valence-corrected chi connectivity index (χ1v) is 5.01. The first-order chi connectivity index (χ1) is 6.20. The van der Waals surface area contributed by atoms with Crippen molar-refractivity contribution < 1.29 is 19.1 Å². The Hall–Kier alpha value is -0.970. The van der Waals surface area contributed by atoms with E-state index in [1.807, 2.05) is 6.26 Å². The Morgan fingerprint density at radius 1 is 1.31 bits per heavy atom. The van der Waals surface area contributed by atoms with Crippen molar-refractivity contribution in [1.82, 2.24) is 0 Å². The standard InChI is InChI=1S/C8H12O4S/c1-11-7(9)3-4-8(10)12-5-6-13-2/h3-4H,5-6H2,1-2H3. The summed E-state index contributed by atoms with van der Waals surface area (Å²) >= 11 is 1.58. The molecule has 0 saturated carbocycles. The molecular formula is C8H12O4S. The molecule has 0 aromatic carbocycles. The molecule has 0 bridgehead atoms. The van der Waals surface area contributed by atoms with Crippen molar-refractivity contribution in [3.63, 3.8) is 0 Å². The van der Waals surface area contributed by atoms with Crippen molar-refractivity contribution >= 4 is 23.7 Å². The van der Waals surface area contributed by atoms with E-state index in [1.165, 1.54) is 7.11 Å². The molecule has 0 amide bonds. The molecule has 4 nitrogen and oxygen atoms in total. The van der Waals surface area contributed by atoms with Crippen molar-refractivity contribution in [1.29, 1.82) is 0 Å². The largest absolute Gasteiger partial charge is 0.466 e. The summed E-state index contributed by atoms with van der Waals surface area (Å²) in [4.78, 5) is 21.3. The number of methoxy groups -OCH3 is 1. The van der Waals surface area contributed by atoms with Gasteiger partial charge in [0.05, 0.1) is 7.11 Å². The van der Waals surface area contributed by atoms with E-state index in [0.29, 0.717) is 6.61 Å². The summed E-state index contributed by atoms with van der Waals surface area (Å²) < 4.78 is 9.01. The van der Waals surface area contributed by atoms with Gasteiger partial charge in [0, 0.05) is 17.9 Å². The van der Waals surface area contributed by atoms with Crippen LogP contribution in [-0.4, -0.2) is 37.7 Å². The van der Waals surface area contributed by atoms with Crippen LogP contribution < -0.4 is 0 Å². The van der Waals surface area contributed by atoms with Gasteiger partial charge in [0.2, 0.25) is 0 Å². The second-order valence-electron chi connectivity index (χ2n) is 2.02. The number of rotatable bonds is 5. The molecule has 0 rings (SSSR count). The number of thioether (sulfide) groups is 1. The first kappa shape index (κ1) is 12.0. The molecular weight excluding hydrogens is 192 g/mol. The fraction of sp³-hybridized carbons (Fsp3) is 0.500. The van der Waals surface area contributed by atoms with Gasteiger partial charge in [-0.3, -0.25) is 0 Å². The Morgan fingerprint density at radius 3 is 2.46 bits per heavy atom. The predicted octanol–water partition coefficient (Wildman–Crippen LogP) is 0.622. The molecule has 0 aromatic heterocycles. The van der Waals surface area contributed by atoms with Crippen molar-refractivity contribution in [2.75, 3.05) is 25.7 Å². The van der Waals surface area contributed by atoms with Gasteiger partial charge >= 0.3 is 11.9 Å². The van der Waals surface area contributed by atoms with Gasteiger partial charge in [0.1, 0.15) is 6.61 Å². The van der Waals surface area contributed by atoms with Crippen LogP contribution in [-0.2, 0) is 19.1 Å². The number of hydrogen-bond donors (Lipinski definition) is 0. The molecule has 0 spiro atoms. The van der Waals surface area contributed by atoms with E-state index < -0.39 is 11.9 Å². The Morgan fingerprint density at radius 2 is 1.92 bits per heavy atom. The average molecular weight is 204 g/mol. The minimum absolute atomic E-state index is 0.353. The molecule has 0 saturated heterocycles. The summed E-state index contributed by atoms with van der Waals surface area (Å²) in [5.41, 5.74) is 0. The molecule has 0 atom stereocenters. The normalized spacial score (nSPS) is 10.0. The maximum atomic E-state index is 10.8. The first-order valence-electron chi connectivity index (χ1n) is 3.62. The molecule has 0 unspecified atom stereocenters. The Labute approximate surface area is 81.3 Å². The summed E-state index contributed by atoms with van der Waals surface area (Å²) in [6.45, 7) is 0.353. The highest BCUT2D eigenvalue weighted by molar-refractivity contribution is 7.98. The van der Waals surface area contributed by atoms with E-state index in [9.17, 15) is 9.59 Å². The number of carbonyl (C=O) groups excluding carboxylic acids is 2. The number of ether oxygens (including phenoxy) is 2. The number of hydrogen-bond acceptors (Lipinski definition) is 5. The fourth-order valence-electron chi connectivity index (χ4n) is 0.478. The third kappa shape index (κ3) is 7.39. The Balaban J connectivity index is 3.61. The summed E-state index contributed by atoms with van der Waals surface area (Å²) in [6, 6.07) is 0. The predicted molar refractivity (Wildman–Crippen MR) is 50.5 cm³/mol. The zero-order chi connectivity index (χ0) is 10.1. The summed E-state index contributed by atoms with van der Waals surface area (Å²) in [7, 11) is 1.24. The van der Waals surface area contributed by atoms with Crippen LogP contribution in [0.15, 0.2) is 12.2 Å². The van der Waals surface area contributed by atoms with Gasteiger partial charge in [-0.1, -0.05) is 0 Å². The van der Waals surface area contributed by atoms with Gasteiger partial charge in [-0.05, 0) is 6.26 Å². The van der Waals surface area contributed by atoms with Crippen LogP contribution >= 0.6 is 11.8 Å². The van der Waals surface area contributed by atoms with Crippen LogP contribution in [0.5, 0.6) is 0 Å². The maximum absolute atomic E-state index is 10.8. The molecule has 74 valence electrons. The third-order valence-electron chi connectivity index (χ3n) is 1.09. The molecule has 0 N–H and O–H groups in total. The second kappa shape index (κ2) is 7.67. The van der Waals surface area contributed by atoms with E-state index in [4.69, 9.17) is 4.74 Å². The van der Waals surface area contributed by atoms with E-state index in [1.54, 1.807) is 11.8 Å². The maximum Gasteiger partial charge on any atom is 0.331 e. The van der Waals surface area contributed by atoms with Gasteiger partial charge in [-0.15, -0.1) is 0 Å². The summed E-state index contributed by atoms with van der Waals surface area (Å²) in [5, 5.41) is 0. The minimum Gasteiger partial charge on any atom is -0.466 e. The SMILES string of the molecule is COC(=O)C=CC(=O)OCCSC. The molecule has 0 heterocycles. The summed E-state index contributed by atoms with van der Waals surface area (Å²) in [6.07, 6.45) is 3.99. The average Bonchev–Trinajstić information content (AvgIpc) is 2.14. The monoisotopic (exact) mass is 204 g/mol. The number of carbonyl (C=O) groups is 2. The zero-order valence-corrected chi connectivity index (χ0v) is 8.43.